The van der Waals surface area contributed by atoms with Crippen molar-refractivity contribution in [2.24, 2.45) is 0 Å². The van der Waals surface area contributed by atoms with Crippen molar-refractivity contribution in [2.75, 3.05) is 27.2 Å². The van der Waals surface area contributed by atoms with Crippen LogP contribution in [0.3, 0.4) is 0 Å². The van der Waals surface area contributed by atoms with Crippen LogP contribution in [-0.4, -0.2) is 27.2 Å². The highest BCUT2D eigenvalue weighted by atomic mass is 14.8. The fraction of sp³-hybridized carbons (Fsp3) is 1.00. The van der Waals surface area contributed by atoms with E-state index in [-0.39, 0.29) is 0 Å². The maximum atomic E-state index is 2.93. The topological polar surface area (TPSA) is 24.1 Å². The summed E-state index contributed by atoms with van der Waals surface area (Å²) in [6.07, 6.45) is 0. The van der Waals surface area contributed by atoms with Crippen LogP contribution < -0.4 is 10.6 Å². The van der Waals surface area contributed by atoms with E-state index in [1.165, 1.54) is 0 Å². The Morgan fingerprint density at radius 2 is 0.900 bits per heavy atom. The van der Waals surface area contributed by atoms with Crippen molar-refractivity contribution in [3.8, 4) is 0 Å². The molecule has 0 heterocycles. The van der Waals surface area contributed by atoms with Crippen LogP contribution in [0.25, 0.3) is 0 Å². The molecule has 0 radical (unpaired) electrons. The van der Waals surface area contributed by atoms with Crippen LogP contribution in [0.15, 0.2) is 0 Å². The largest absolute Gasteiger partial charge is 0.320 e. The van der Waals surface area contributed by atoms with Crippen molar-refractivity contribution in [3.05, 3.63) is 0 Å². The van der Waals surface area contributed by atoms with E-state index in [0.29, 0.717) is 0 Å². The Balaban J connectivity index is -0.0000000787. The predicted octanol–water partition coefficient (Wildman–Crippen LogP) is 1.48. The van der Waals surface area contributed by atoms with Crippen molar-refractivity contribution in [3.63, 3.8) is 0 Å². The van der Waals surface area contributed by atoms with Crippen LogP contribution in [0.2, 0.25) is 0 Å². The second-order valence-corrected chi connectivity index (χ2v) is 1.41. The molecule has 0 amide bonds. The summed E-state index contributed by atoms with van der Waals surface area (Å²) < 4.78 is 0. The molecule has 0 aliphatic heterocycles. The SMILES string of the molecule is CC.CCNC.CCNC. The minimum Gasteiger partial charge on any atom is -0.320 e. The summed E-state index contributed by atoms with van der Waals surface area (Å²) in [6.45, 7) is 10.3. The smallest absolute Gasteiger partial charge is 0.00804 e. The van der Waals surface area contributed by atoms with Crippen molar-refractivity contribution in [2.45, 2.75) is 27.7 Å². The van der Waals surface area contributed by atoms with E-state index >= 15 is 0 Å². The van der Waals surface area contributed by atoms with Crippen LogP contribution in [0.1, 0.15) is 27.7 Å². The van der Waals surface area contributed by atoms with Gasteiger partial charge in [0, 0.05) is 0 Å². The molecule has 0 bridgehead atoms. The first-order valence-electron chi connectivity index (χ1n) is 4.12. The Kier molecular flexibility index (Phi) is 60.0. The molecule has 10 heavy (non-hydrogen) atoms. The van der Waals surface area contributed by atoms with E-state index in [1.807, 2.05) is 27.9 Å². The van der Waals surface area contributed by atoms with Gasteiger partial charge in [0.25, 0.3) is 0 Å². The van der Waals surface area contributed by atoms with Crippen molar-refractivity contribution >= 4 is 0 Å². The molecule has 2 heteroatoms. The van der Waals surface area contributed by atoms with Crippen molar-refractivity contribution in [1.82, 2.24) is 10.6 Å². The Hall–Kier alpha value is -0.0800. The fourth-order valence-electron chi connectivity index (χ4n) is 0. The second kappa shape index (κ2) is 36.4. The van der Waals surface area contributed by atoms with E-state index in [4.69, 9.17) is 0 Å². The molecule has 0 rings (SSSR count). The van der Waals surface area contributed by atoms with E-state index in [1.54, 1.807) is 0 Å². The molecular weight excluding hydrogens is 124 g/mol. The normalized spacial score (nSPS) is 6.60. The Bertz CT molecular complexity index is 15.2. The summed E-state index contributed by atoms with van der Waals surface area (Å²) >= 11 is 0. The maximum Gasteiger partial charge on any atom is -0.00804 e. The molecule has 0 unspecified atom stereocenters. The molecule has 0 atom stereocenters. The monoisotopic (exact) mass is 148 g/mol. The highest BCUT2D eigenvalue weighted by Gasteiger charge is 1.50. The lowest BCUT2D eigenvalue weighted by atomic mass is 10.8. The molecule has 0 aromatic heterocycles. The molecule has 2 nitrogen and oxygen atoms in total. The third kappa shape index (κ3) is 103. The summed E-state index contributed by atoms with van der Waals surface area (Å²) in [5.74, 6) is 0. The molecule has 0 aliphatic carbocycles. The molecule has 0 saturated heterocycles. The fourth-order valence-corrected chi connectivity index (χ4v) is 0. The average molecular weight is 148 g/mol. The van der Waals surface area contributed by atoms with Gasteiger partial charge in [-0.3, -0.25) is 0 Å². The zero-order valence-electron chi connectivity index (χ0n) is 8.41. The first-order chi connectivity index (χ1) is 4.83. The van der Waals surface area contributed by atoms with E-state index in [9.17, 15) is 0 Å². The van der Waals surface area contributed by atoms with Crippen LogP contribution >= 0.6 is 0 Å². The van der Waals surface area contributed by atoms with Crippen molar-refractivity contribution in [1.29, 1.82) is 0 Å². The molecule has 0 aliphatic rings. The van der Waals surface area contributed by atoms with Gasteiger partial charge >= 0.3 is 0 Å². The van der Waals surface area contributed by atoms with Crippen LogP contribution in [-0.2, 0) is 0 Å². The molecule has 0 saturated carbocycles. The predicted molar refractivity (Wildman–Crippen MR) is 50.5 cm³/mol. The second-order valence-electron chi connectivity index (χ2n) is 1.41. The van der Waals surface area contributed by atoms with Crippen LogP contribution in [0.5, 0.6) is 0 Å². The van der Waals surface area contributed by atoms with Gasteiger partial charge < -0.3 is 10.6 Å². The number of hydrogen-bond acceptors (Lipinski definition) is 2. The third-order valence-corrected chi connectivity index (χ3v) is 0.707. The van der Waals surface area contributed by atoms with Crippen LogP contribution in [0, 0.1) is 0 Å². The minimum absolute atomic E-state index is 1.07. The van der Waals surface area contributed by atoms with Gasteiger partial charge in [-0.1, -0.05) is 27.7 Å². The lowest BCUT2D eigenvalue weighted by Gasteiger charge is -1.76. The van der Waals surface area contributed by atoms with Crippen LogP contribution in [0.4, 0.5) is 0 Å². The highest BCUT2D eigenvalue weighted by Crippen LogP contribution is 1.35. The summed E-state index contributed by atoms with van der Waals surface area (Å²) in [7, 11) is 3.86. The number of nitrogens with one attached hydrogen (secondary N) is 2. The quantitative estimate of drug-likeness (QED) is 0.620. The standard InChI is InChI=1S/2C3H9N.C2H6/c2*1-3-4-2;1-2/h2*4H,3H2,1-2H3;1-2H3. The lowest BCUT2D eigenvalue weighted by molar-refractivity contribution is 0.863. The Labute approximate surface area is 66.4 Å². The molecule has 0 fully saturated rings. The van der Waals surface area contributed by atoms with Gasteiger partial charge in [-0.2, -0.15) is 0 Å². The zero-order chi connectivity index (χ0) is 8.83. The minimum atomic E-state index is 1.07. The highest BCUT2D eigenvalue weighted by molar-refractivity contribution is 4.16. The van der Waals surface area contributed by atoms with Crippen molar-refractivity contribution < 1.29 is 0 Å². The third-order valence-electron chi connectivity index (χ3n) is 0.707. The Morgan fingerprint density at radius 1 is 0.800 bits per heavy atom. The van der Waals surface area contributed by atoms with Gasteiger partial charge in [-0.25, -0.2) is 0 Å². The van der Waals surface area contributed by atoms with Gasteiger partial charge in [0.05, 0.1) is 0 Å². The molecular formula is C8H24N2. The summed E-state index contributed by atoms with van der Waals surface area (Å²) in [4.78, 5) is 0. The number of rotatable bonds is 2. The average Bonchev–Trinajstić information content (AvgIpc) is 2.08. The molecule has 0 aromatic rings. The molecule has 0 spiro atoms. The molecule has 2 N–H and O–H groups in total. The summed E-state index contributed by atoms with van der Waals surface area (Å²) in [5, 5.41) is 5.86. The van der Waals surface area contributed by atoms with Gasteiger partial charge in [-0.15, -0.1) is 0 Å². The first kappa shape index (κ1) is 16.5. The van der Waals surface area contributed by atoms with Gasteiger partial charge in [-0.05, 0) is 27.2 Å². The number of hydrogen-bond donors (Lipinski definition) is 2. The molecule has 0 aromatic carbocycles. The first-order valence-corrected chi connectivity index (χ1v) is 4.12. The zero-order valence-corrected chi connectivity index (χ0v) is 8.41. The summed E-state index contributed by atoms with van der Waals surface area (Å²) in [5.41, 5.74) is 0. The van der Waals surface area contributed by atoms with Gasteiger partial charge in [0.15, 0.2) is 0 Å². The van der Waals surface area contributed by atoms with Gasteiger partial charge in [0.2, 0.25) is 0 Å². The Morgan fingerprint density at radius 3 is 0.900 bits per heavy atom. The van der Waals surface area contributed by atoms with E-state index < -0.39 is 0 Å². The summed E-state index contributed by atoms with van der Waals surface area (Å²) in [6, 6.07) is 0. The molecule has 66 valence electrons. The maximum absolute atomic E-state index is 2.93. The van der Waals surface area contributed by atoms with E-state index in [2.05, 4.69) is 24.5 Å². The van der Waals surface area contributed by atoms with E-state index in [0.717, 1.165) is 13.1 Å². The lowest BCUT2D eigenvalue weighted by Crippen LogP contribution is -2.01. The van der Waals surface area contributed by atoms with Gasteiger partial charge in [0.1, 0.15) is 0 Å².